The van der Waals surface area contributed by atoms with Crippen LogP contribution in [0.2, 0.25) is 10.0 Å². The third-order valence-corrected chi connectivity index (χ3v) is 8.19. The number of rotatable bonds is 8. The first-order valence-electron chi connectivity index (χ1n) is 10.5. The molecule has 0 saturated heterocycles. The predicted molar refractivity (Wildman–Crippen MR) is 144 cm³/mol. The van der Waals surface area contributed by atoms with Gasteiger partial charge in [-0.2, -0.15) is 0 Å². The smallest absolute Gasteiger partial charge is 0.326 e. The van der Waals surface area contributed by atoms with Gasteiger partial charge in [-0.25, -0.2) is 13.2 Å². The van der Waals surface area contributed by atoms with Gasteiger partial charge < -0.3 is 10.4 Å². The number of hydrogen-bond donors (Lipinski definition) is 3. The van der Waals surface area contributed by atoms with E-state index in [0.29, 0.717) is 20.6 Å². The van der Waals surface area contributed by atoms with Crippen molar-refractivity contribution < 1.29 is 23.1 Å². The van der Waals surface area contributed by atoms with Crippen LogP contribution in [0.1, 0.15) is 15.9 Å². The second kappa shape index (κ2) is 11.0. The number of carboxylic acids is 1. The third kappa shape index (κ3) is 6.19. The maximum atomic E-state index is 13.1. The Kier molecular flexibility index (Phi) is 7.98. The number of para-hydroxylation sites is 1. The van der Waals surface area contributed by atoms with Crippen LogP contribution in [-0.2, 0) is 21.2 Å². The molecule has 4 rings (SSSR count). The van der Waals surface area contributed by atoms with Gasteiger partial charge in [-0.05, 0) is 64.0 Å². The summed E-state index contributed by atoms with van der Waals surface area (Å²) >= 11 is 15.5. The zero-order valence-corrected chi connectivity index (χ0v) is 22.6. The summed E-state index contributed by atoms with van der Waals surface area (Å²) in [6.07, 6.45) is 2.81. The highest BCUT2D eigenvalue weighted by Gasteiger charge is 2.24. The lowest BCUT2D eigenvalue weighted by atomic mass is 10.1. The molecule has 1 amide bonds. The zero-order chi connectivity index (χ0) is 26.7. The highest BCUT2D eigenvalue weighted by molar-refractivity contribution is 9.10. The Morgan fingerprint density at radius 1 is 1.00 bits per heavy atom. The zero-order valence-electron chi connectivity index (χ0n) is 18.7. The van der Waals surface area contributed by atoms with Crippen molar-refractivity contribution in [2.24, 2.45) is 0 Å². The minimum absolute atomic E-state index is 0.00310. The van der Waals surface area contributed by atoms with Gasteiger partial charge in [0, 0.05) is 28.9 Å². The van der Waals surface area contributed by atoms with Gasteiger partial charge in [0.1, 0.15) is 16.5 Å². The first-order chi connectivity index (χ1) is 17.5. The Labute approximate surface area is 230 Å². The van der Waals surface area contributed by atoms with Crippen LogP contribution in [0.25, 0.3) is 11.0 Å². The molecule has 0 spiro atoms. The molecular weight excluding hydrogens is 607 g/mol. The molecule has 1 atom stereocenters. The predicted octanol–water partition coefficient (Wildman–Crippen LogP) is 4.93. The summed E-state index contributed by atoms with van der Waals surface area (Å²) in [5, 5.41) is 12.6. The summed E-state index contributed by atoms with van der Waals surface area (Å²) in [5.41, 5.74) is 1.12. The Morgan fingerprint density at radius 3 is 2.46 bits per heavy atom. The Morgan fingerprint density at radius 2 is 1.73 bits per heavy atom. The normalized spacial score (nSPS) is 12.2. The fourth-order valence-corrected chi connectivity index (χ4v) is 5.47. The summed E-state index contributed by atoms with van der Waals surface area (Å²) < 4.78 is 29.3. The van der Waals surface area contributed by atoms with Crippen molar-refractivity contribution in [2.45, 2.75) is 17.4 Å². The first kappa shape index (κ1) is 26.8. The van der Waals surface area contributed by atoms with Crippen molar-refractivity contribution in [1.82, 2.24) is 15.3 Å². The van der Waals surface area contributed by atoms with Gasteiger partial charge in [-0.1, -0.05) is 35.3 Å². The van der Waals surface area contributed by atoms with Crippen LogP contribution in [0.3, 0.4) is 0 Å². The average molecular weight is 624 g/mol. The van der Waals surface area contributed by atoms with Crippen molar-refractivity contribution in [3.63, 3.8) is 0 Å². The number of aliphatic carboxylic acids is 1. The average Bonchev–Trinajstić information content (AvgIpc) is 2.86. The van der Waals surface area contributed by atoms with E-state index in [1.54, 1.807) is 24.3 Å². The van der Waals surface area contributed by atoms with Gasteiger partial charge in [0.05, 0.1) is 21.2 Å². The van der Waals surface area contributed by atoms with E-state index in [1.807, 2.05) is 0 Å². The van der Waals surface area contributed by atoms with E-state index in [9.17, 15) is 23.1 Å². The lowest BCUT2D eigenvalue weighted by Crippen LogP contribution is -2.42. The number of nitrogens with one attached hydrogen (secondary N) is 2. The Bertz CT molecular complexity index is 1630. The van der Waals surface area contributed by atoms with E-state index in [4.69, 9.17) is 23.2 Å². The number of amides is 1. The number of halogens is 3. The topological polar surface area (TPSA) is 138 Å². The van der Waals surface area contributed by atoms with Crippen molar-refractivity contribution >= 4 is 77.8 Å². The summed E-state index contributed by atoms with van der Waals surface area (Å²) in [7, 11) is -4.17. The molecule has 37 heavy (non-hydrogen) atoms. The van der Waals surface area contributed by atoms with E-state index in [1.165, 1.54) is 42.7 Å². The Hall–Kier alpha value is -3.25. The first-order valence-corrected chi connectivity index (χ1v) is 13.6. The van der Waals surface area contributed by atoms with Crippen LogP contribution in [0.4, 0.5) is 5.69 Å². The molecular formula is C24H17BrCl2N4O5S. The standard InChI is InChI=1S/C24H17BrCl2N4O5S/c25-15-10-13(4-6-16(15)26)11-20(24(33)34)30-23(32)14-5-7-17(27)19(12-14)31-37(35,36)21-3-1-2-18-22(21)29-9-8-28-18/h1-10,12,20,31H,11H2,(H,30,32)(H,33,34). The minimum Gasteiger partial charge on any atom is -0.480 e. The van der Waals surface area contributed by atoms with E-state index in [0.717, 1.165) is 0 Å². The summed E-state index contributed by atoms with van der Waals surface area (Å²) in [6, 6.07) is 12.1. The molecule has 1 aromatic heterocycles. The number of carbonyl (C=O) groups excluding carboxylic acids is 1. The van der Waals surface area contributed by atoms with E-state index >= 15 is 0 Å². The fourth-order valence-electron chi connectivity index (χ4n) is 3.47. The van der Waals surface area contributed by atoms with Gasteiger partial charge in [-0.3, -0.25) is 19.5 Å². The van der Waals surface area contributed by atoms with Crippen molar-refractivity contribution in [1.29, 1.82) is 0 Å². The van der Waals surface area contributed by atoms with Crippen LogP contribution >= 0.6 is 39.1 Å². The molecule has 0 radical (unpaired) electrons. The van der Waals surface area contributed by atoms with Gasteiger partial charge in [0.25, 0.3) is 15.9 Å². The lowest BCUT2D eigenvalue weighted by Gasteiger charge is -2.16. The number of aromatic nitrogens is 2. The molecule has 9 nitrogen and oxygen atoms in total. The van der Waals surface area contributed by atoms with Gasteiger partial charge in [-0.15, -0.1) is 0 Å². The van der Waals surface area contributed by atoms with Crippen molar-refractivity contribution in [3.8, 4) is 0 Å². The number of carboxylic acid groups (broad SMARTS) is 1. The fraction of sp³-hybridized carbons (Fsp3) is 0.0833. The number of fused-ring (bicyclic) bond motifs is 1. The monoisotopic (exact) mass is 622 g/mol. The molecule has 0 aliphatic rings. The highest BCUT2D eigenvalue weighted by atomic mass is 79.9. The third-order valence-electron chi connectivity index (χ3n) is 5.25. The quantitative estimate of drug-likeness (QED) is 0.253. The number of hydrogen-bond acceptors (Lipinski definition) is 6. The van der Waals surface area contributed by atoms with Crippen molar-refractivity contribution in [2.75, 3.05) is 4.72 Å². The maximum absolute atomic E-state index is 13.1. The molecule has 3 aromatic carbocycles. The lowest BCUT2D eigenvalue weighted by molar-refractivity contribution is -0.139. The van der Waals surface area contributed by atoms with Crippen LogP contribution in [0, 0.1) is 0 Å². The Balaban J connectivity index is 1.57. The second-order valence-electron chi connectivity index (χ2n) is 7.80. The SMILES string of the molecule is O=C(NC(Cc1ccc(Cl)c(Br)c1)C(=O)O)c1ccc(Cl)c(NS(=O)(=O)c2cccc3nccnc23)c1. The molecule has 190 valence electrons. The molecule has 0 fully saturated rings. The summed E-state index contributed by atoms with van der Waals surface area (Å²) in [4.78, 5) is 32.8. The molecule has 13 heteroatoms. The number of benzene rings is 3. The number of carbonyl (C=O) groups is 2. The number of anilines is 1. The molecule has 0 bridgehead atoms. The van der Waals surface area contributed by atoms with Crippen LogP contribution in [0.15, 0.2) is 76.4 Å². The molecule has 0 saturated carbocycles. The molecule has 0 aliphatic heterocycles. The number of nitrogens with zero attached hydrogens (tertiary/aromatic N) is 2. The molecule has 4 aromatic rings. The van der Waals surface area contributed by atoms with E-state index < -0.39 is 27.9 Å². The van der Waals surface area contributed by atoms with Gasteiger partial charge in [0.15, 0.2) is 0 Å². The van der Waals surface area contributed by atoms with Gasteiger partial charge in [0.2, 0.25) is 0 Å². The molecule has 0 aliphatic carbocycles. The minimum atomic E-state index is -4.17. The van der Waals surface area contributed by atoms with E-state index in [-0.39, 0.29) is 33.1 Å². The summed E-state index contributed by atoms with van der Waals surface area (Å²) in [6.45, 7) is 0. The van der Waals surface area contributed by atoms with Crippen LogP contribution < -0.4 is 10.0 Å². The second-order valence-corrected chi connectivity index (χ2v) is 11.1. The highest BCUT2D eigenvalue weighted by Crippen LogP contribution is 2.28. The van der Waals surface area contributed by atoms with Crippen molar-refractivity contribution in [3.05, 3.63) is 92.6 Å². The van der Waals surface area contributed by atoms with Crippen LogP contribution in [-0.4, -0.2) is 41.4 Å². The summed E-state index contributed by atoms with van der Waals surface area (Å²) in [5.74, 6) is -1.97. The van der Waals surface area contributed by atoms with Crippen LogP contribution in [0.5, 0.6) is 0 Å². The maximum Gasteiger partial charge on any atom is 0.326 e. The van der Waals surface area contributed by atoms with Gasteiger partial charge >= 0.3 is 5.97 Å². The number of sulfonamides is 1. The molecule has 3 N–H and O–H groups in total. The molecule has 1 heterocycles. The van der Waals surface area contributed by atoms with E-state index in [2.05, 4.69) is 35.9 Å². The molecule has 1 unspecified atom stereocenters. The largest absolute Gasteiger partial charge is 0.480 e.